The van der Waals surface area contributed by atoms with Crippen LogP contribution in [0.4, 0.5) is 0 Å². The van der Waals surface area contributed by atoms with Crippen molar-refractivity contribution < 1.29 is 0 Å². The predicted octanol–water partition coefficient (Wildman–Crippen LogP) is 2.13. The van der Waals surface area contributed by atoms with Gasteiger partial charge in [0, 0.05) is 23.3 Å². The predicted molar refractivity (Wildman–Crippen MR) is 54.8 cm³/mol. The highest BCUT2D eigenvalue weighted by Gasteiger charge is 2.43. The van der Waals surface area contributed by atoms with Gasteiger partial charge in [0.1, 0.15) is 0 Å². The average molecular weight is 178 g/mol. The van der Waals surface area contributed by atoms with Gasteiger partial charge in [-0.05, 0) is 30.9 Å². The third kappa shape index (κ3) is 1.39. The van der Waals surface area contributed by atoms with Crippen LogP contribution >= 0.6 is 0 Å². The van der Waals surface area contributed by atoms with Crippen LogP contribution in [0, 0.1) is 0 Å². The lowest BCUT2D eigenvalue weighted by atomic mass is 10.0. The molecule has 1 fully saturated rings. The third-order valence-electron chi connectivity index (χ3n) is 3.15. The van der Waals surface area contributed by atoms with Gasteiger partial charge in [0.15, 0.2) is 0 Å². The summed E-state index contributed by atoms with van der Waals surface area (Å²) in [5.41, 5.74) is 8.75. The van der Waals surface area contributed by atoms with E-state index in [2.05, 4.69) is 31.0 Å². The van der Waals surface area contributed by atoms with Crippen LogP contribution in [0.1, 0.15) is 44.0 Å². The fourth-order valence-electron chi connectivity index (χ4n) is 1.79. The molecule has 1 saturated carbocycles. The number of H-pyrrole nitrogens is 1. The van der Waals surface area contributed by atoms with Crippen molar-refractivity contribution in [2.45, 2.75) is 38.0 Å². The highest BCUT2D eigenvalue weighted by atomic mass is 14.8. The molecular weight excluding hydrogens is 160 g/mol. The summed E-state index contributed by atoms with van der Waals surface area (Å²) in [6.07, 6.45) is 2.50. The number of nitrogens with one attached hydrogen (secondary N) is 1. The van der Waals surface area contributed by atoms with E-state index in [1.807, 2.05) is 0 Å². The van der Waals surface area contributed by atoms with Crippen molar-refractivity contribution in [2.75, 3.05) is 6.54 Å². The molecule has 2 rings (SSSR count). The largest absolute Gasteiger partial charge is 0.362 e. The van der Waals surface area contributed by atoms with E-state index in [-0.39, 0.29) is 0 Å². The van der Waals surface area contributed by atoms with E-state index in [1.165, 1.54) is 24.2 Å². The Hall–Kier alpha value is -0.760. The van der Waals surface area contributed by atoms with Crippen LogP contribution in [0.15, 0.2) is 12.1 Å². The highest BCUT2D eigenvalue weighted by molar-refractivity contribution is 5.29. The first-order valence-corrected chi connectivity index (χ1v) is 5.07. The molecule has 13 heavy (non-hydrogen) atoms. The van der Waals surface area contributed by atoms with Gasteiger partial charge in [0.25, 0.3) is 0 Å². The van der Waals surface area contributed by atoms with Gasteiger partial charge < -0.3 is 10.7 Å². The van der Waals surface area contributed by atoms with E-state index in [1.54, 1.807) is 0 Å². The van der Waals surface area contributed by atoms with Crippen LogP contribution in [0.2, 0.25) is 0 Å². The fraction of sp³-hybridized carbons (Fsp3) is 0.636. The molecule has 0 aliphatic heterocycles. The number of nitrogens with two attached hydrogens (primary N) is 1. The molecule has 1 heterocycles. The minimum Gasteiger partial charge on any atom is -0.362 e. The van der Waals surface area contributed by atoms with Crippen molar-refractivity contribution in [1.82, 2.24) is 4.98 Å². The summed E-state index contributed by atoms with van der Waals surface area (Å²) in [4.78, 5) is 3.49. The first kappa shape index (κ1) is 8.82. The average Bonchev–Trinajstić information content (AvgIpc) is 2.75. The maximum absolute atomic E-state index is 5.77. The Bertz CT molecular complexity index is 295. The minimum absolute atomic E-state index is 0.313. The van der Waals surface area contributed by atoms with E-state index in [0.29, 0.717) is 11.3 Å². The van der Waals surface area contributed by atoms with Crippen molar-refractivity contribution in [1.29, 1.82) is 0 Å². The topological polar surface area (TPSA) is 41.8 Å². The number of hydrogen-bond acceptors (Lipinski definition) is 1. The Morgan fingerprint density at radius 2 is 2.15 bits per heavy atom. The van der Waals surface area contributed by atoms with Crippen molar-refractivity contribution in [2.24, 2.45) is 5.73 Å². The molecule has 0 atom stereocenters. The summed E-state index contributed by atoms with van der Waals surface area (Å²) >= 11 is 0. The Labute approximate surface area is 79.5 Å². The Morgan fingerprint density at radius 1 is 1.46 bits per heavy atom. The highest BCUT2D eigenvalue weighted by Crippen LogP contribution is 2.46. The molecule has 3 N–H and O–H groups in total. The van der Waals surface area contributed by atoms with Crippen molar-refractivity contribution in [3.05, 3.63) is 23.5 Å². The smallest absolute Gasteiger partial charge is 0.0227 e. The zero-order chi connectivity index (χ0) is 9.47. The molecule has 1 aromatic heterocycles. The monoisotopic (exact) mass is 178 g/mol. The third-order valence-corrected chi connectivity index (χ3v) is 3.15. The van der Waals surface area contributed by atoms with E-state index >= 15 is 0 Å². The van der Waals surface area contributed by atoms with Gasteiger partial charge in [-0.15, -0.1) is 0 Å². The zero-order valence-corrected chi connectivity index (χ0v) is 8.43. The molecule has 2 heteroatoms. The first-order valence-electron chi connectivity index (χ1n) is 5.07. The standard InChI is InChI=1S/C11H18N2/c1-8(2)9-3-4-10(13-9)11(7-12)5-6-11/h3-4,8,13H,5-7,12H2,1-2H3. The molecule has 0 radical (unpaired) electrons. The second-order valence-corrected chi connectivity index (χ2v) is 4.47. The van der Waals surface area contributed by atoms with E-state index in [4.69, 9.17) is 5.73 Å². The maximum atomic E-state index is 5.77. The molecule has 0 saturated heterocycles. The van der Waals surface area contributed by atoms with E-state index in [9.17, 15) is 0 Å². The second kappa shape index (κ2) is 2.88. The van der Waals surface area contributed by atoms with Crippen LogP contribution < -0.4 is 5.73 Å². The lowest BCUT2D eigenvalue weighted by Gasteiger charge is -2.10. The van der Waals surface area contributed by atoms with Crippen LogP contribution in [0.25, 0.3) is 0 Å². The van der Waals surface area contributed by atoms with Crippen LogP contribution in [-0.4, -0.2) is 11.5 Å². The Kier molecular flexibility index (Phi) is 1.95. The fourth-order valence-corrected chi connectivity index (χ4v) is 1.79. The summed E-state index contributed by atoms with van der Waals surface area (Å²) in [5, 5.41) is 0. The normalized spacial score (nSPS) is 19.4. The Balaban J connectivity index is 2.23. The van der Waals surface area contributed by atoms with Crippen LogP contribution in [0.5, 0.6) is 0 Å². The molecule has 1 aromatic rings. The number of rotatable bonds is 3. The molecule has 0 bridgehead atoms. The molecule has 0 amide bonds. The summed E-state index contributed by atoms with van der Waals surface area (Å²) in [6.45, 7) is 5.19. The molecule has 0 aromatic carbocycles. The molecular formula is C11H18N2. The Morgan fingerprint density at radius 3 is 2.54 bits per heavy atom. The summed E-state index contributed by atoms with van der Waals surface area (Å²) in [5.74, 6) is 0.585. The molecule has 1 aliphatic carbocycles. The number of aromatic nitrogens is 1. The van der Waals surface area contributed by atoms with Crippen LogP contribution in [0.3, 0.4) is 0 Å². The lowest BCUT2D eigenvalue weighted by molar-refractivity contribution is 0.676. The minimum atomic E-state index is 0.313. The van der Waals surface area contributed by atoms with Gasteiger partial charge in [0.05, 0.1) is 0 Å². The van der Waals surface area contributed by atoms with Gasteiger partial charge in [-0.3, -0.25) is 0 Å². The zero-order valence-electron chi connectivity index (χ0n) is 8.43. The molecule has 2 nitrogen and oxygen atoms in total. The summed E-state index contributed by atoms with van der Waals surface area (Å²) < 4.78 is 0. The van der Waals surface area contributed by atoms with E-state index in [0.717, 1.165) is 6.54 Å². The van der Waals surface area contributed by atoms with Gasteiger partial charge in [-0.1, -0.05) is 13.8 Å². The molecule has 1 aliphatic rings. The van der Waals surface area contributed by atoms with Gasteiger partial charge in [-0.2, -0.15) is 0 Å². The van der Waals surface area contributed by atoms with Gasteiger partial charge >= 0.3 is 0 Å². The maximum Gasteiger partial charge on any atom is 0.0227 e. The van der Waals surface area contributed by atoms with E-state index < -0.39 is 0 Å². The summed E-state index contributed by atoms with van der Waals surface area (Å²) in [7, 11) is 0. The SMILES string of the molecule is CC(C)c1ccc(C2(CN)CC2)[nH]1. The number of hydrogen-bond donors (Lipinski definition) is 2. The van der Waals surface area contributed by atoms with Crippen molar-refractivity contribution >= 4 is 0 Å². The molecule has 72 valence electrons. The van der Waals surface area contributed by atoms with Crippen molar-refractivity contribution in [3.63, 3.8) is 0 Å². The number of aromatic amines is 1. The van der Waals surface area contributed by atoms with Gasteiger partial charge in [0.2, 0.25) is 0 Å². The van der Waals surface area contributed by atoms with Gasteiger partial charge in [-0.25, -0.2) is 0 Å². The lowest BCUT2D eigenvalue weighted by Crippen LogP contribution is -2.20. The molecule has 0 unspecified atom stereocenters. The van der Waals surface area contributed by atoms with Crippen LogP contribution in [-0.2, 0) is 5.41 Å². The van der Waals surface area contributed by atoms with Crippen molar-refractivity contribution in [3.8, 4) is 0 Å². The quantitative estimate of drug-likeness (QED) is 0.731. The first-order chi connectivity index (χ1) is 6.18. The second-order valence-electron chi connectivity index (χ2n) is 4.47. The molecule has 0 spiro atoms. The summed E-state index contributed by atoms with van der Waals surface area (Å²) in [6, 6.07) is 4.39.